The molecule has 98 valence electrons. The molecule has 0 aliphatic carbocycles. The fourth-order valence-electron chi connectivity index (χ4n) is 2.32. The van der Waals surface area contributed by atoms with Crippen LogP contribution in [0, 0.1) is 6.92 Å². The van der Waals surface area contributed by atoms with Crippen molar-refractivity contribution in [2.24, 2.45) is 7.05 Å². The van der Waals surface area contributed by atoms with Gasteiger partial charge in [0, 0.05) is 31.5 Å². The second kappa shape index (κ2) is 7.17. The minimum Gasteiger partial charge on any atom is -0.294 e. The first kappa shape index (κ1) is 14.7. The molecule has 0 atom stereocenters. The molecular formula is C13H24BrN3. The van der Waals surface area contributed by atoms with Crippen molar-refractivity contribution < 1.29 is 0 Å². The van der Waals surface area contributed by atoms with Gasteiger partial charge in [0.2, 0.25) is 0 Å². The molecule has 4 heteroatoms. The number of halogens is 1. The lowest BCUT2D eigenvalue weighted by molar-refractivity contribution is 0.184. The Morgan fingerprint density at radius 1 is 1.41 bits per heavy atom. The van der Waals surface area contributed by atoms with E-state index in [2.05, 4.69) is 52.8 Å². The van der Waals surface area contributed by atoms with Gasteiger partial charge in [-0.25, -0.2) is 0 Å². The lowest BCUT2D eigenvalue weighted by Gasteiger charge is -2.29. The van der Waals surface area contributed by atoms with Gasteiger partial charge in [0.1, 0.15) is 0 Å². The first-order chi connectivity index (χ1) is 8.12. The number of hydrogen-bond donors (Lipinski definition) is 0. The summed E-state index contributed by atoms with van der Waals surface area (Å²) in [5, 5.41) is 5.44. The highest BCUT2D eigenvalue weighted by Gasteiger charge is 2.16. The molecule has 0 saturated carbocycles. The van der Waals surface area contributed by atoms with Crippen LogP contribution in [0.3, 0.4) is 0 Å². The average Bonchev–Trinajstić information content (AvgIpc) is 2.59. The third-order valence-electron chi connectivity index (χ3n) is 3.29. The minimum absolute atomic E-state index is 0.669. The van der Waals surface area contributed by atoms with Gasteiger partial charge in [-0.05, 0) is 25.8 Å². The van der Waals surface area contributed by atoms with E-state index in [1.807, 2.05) is 11.7 Å². The Labute approximate surface area is 113 Å². The zero-order valence-electron chi connectivity index (χ0n) is 11.4. The Morgan fingerprint density at radius 2 is 2.06 bits per heavy atom. The van der Waals surface area contributed by atoms with Crippen LogP contribution in [-0.2, 0) is 13.6 Å². The number of alkyl halides is 1. The molecule has 3 nitrogen and oxygen atoms in total. The Morgan fingerprint density at radius 3 is 2.47 bits per heavy atom. The minimum atomic E-state index is 0.669. The van der Waals surface area contributed by atoms with Crippen LogP contribution in [0.25, 0.3) is 0 Å². The molecule has 0 aliphatic heterocycles. The second-order valence-corrected chi connectivity index (χ2v) is 5.32. The van der Waals surface area contributed by atoms with Crippen LogP contribution in [0.1, 0.15) is 38.1 Å². The summed E-state index contributed by atoms with van der Waals surface area (Å²) in [5.74, 6) is 0. The van der Waals surface area contributed by atoms with Crippen molar-refractivity contribution in [1.29, 1.82) is 0 Å². The van der Waals surface area contributed by atoms with Crippen LogP contribution in [0.15, 0.2) is 6.07 Å². The summed E-state index contributed by atoms with van der Waals surface area (Å²) in [6, 6.07) is 2.85. The first-order valence-electron chi connectivity index (χ1n) is 6.41. The predicted molar refractivity (Wildman–Crippen MR) is 76.5 cm³/mol. The van der Waals surface area contributed by atoms with Crippen LogP contribution in [0.2, 0.25) is 0 Å². The quantitative estimate of drug-likeness (QED) is 0.722. The summed E-state index contributed by atoms with van der Waals surface area (Å²) >= 11 is 3.55. The molecule has 0 bridgehead atoms. The number of aryl methyl sites for hydroxylation is 2. The lowest BCUT2D eigenvalue weighted by atomic mass is 10.1. The van der Waals surface area contributed by atoms with E-state index in [1.165, 1.54) is 18.5 Å². The maximum absolute atomic E-state index is 4.41. The monoisotopic (exact) mass is 301 g/mol. The number of hydrogen-bond acceptors (Lipinski definition) is 2. The van der Waals surface area contributed by atoms with E-state index in [9.17, 15) is 0 Å². The van der Waals surface area contributed by atoms with E-state index in [0.29, 0.717) is 6.04 Å². The molecule has 0 aromatic carbocycles. The lowest BCUT2D eigenvalue weighted by Crippen LogP contribution is -2.36. The molecule has 1 aromatic rings. The number of nitrogens with zero attached hydrogens (tertiary/aromatic N) is 3. The Kier molecular flexibility index (Phi) is 6.20. The molecule has 0 amide bonds. The summed E-state index contributed by atoms with van der Waals surface area (Å²) in [6.07, 6.45) is 2.42. The maximum Gasteiger partial charge on any atom is 0.0597 e. The fraction of sp³-hybridized carbons (Fsp3) is 0.769. The van der Waals surface area contributed by atoms with Crippen molar-refractivity contribution in [1.82, 2.24) is 14.7 Å². The molecule has 0 unspecified atom stereocenters. The molecule has 0 spiro atoms. The van der Waals surface area contributed by atoms with Gasteiger partial charge in [-0.15, -0.1) is 0 Å². The zero-order chi connectivity index (χ0) is 12.8. The predicted octanol–water partition coefficient (Wildman–Crippen LogP) is 3.11. The topological polar surface area (TPSA) is 21.1 Å². The third kappa shape index (κ3) is 4.11. The number of rotatable bonds is 7. The Bertz CT molecular complexity index is 331. The highest BCUT2D eigenvalue weighted by Crippen LogP contribution is 2.14. The van der Waals surface area contributed by atoms with E-state index in [0.717, 1.165) is 24.1 Å². The Balaban J connectivity index is 2.75. The molecule has 1 aromatic heterocycles. The van der Waals surface area contributed by atoms with Crippen molar-refractivity contribution in [3.63, 3.8) is 0 Å². The van der Waals surface area contributed by atoms with Crippen LogP contribution >= 0.6 is 15.9 Å². The standard InChI is InChI=1S/C13H24BrN3/c1-5-12(6-2)17(8-7-14)10-13-9-11(3)15-16(13)4/h9,12H,5-8,10H2,1-4H3. The van der Waals surface area contributed by atoms with Gasteiger partial charge >= 0.3 is 0 Å². The van der Waals surface area contributed by atoms with Gasteiger partial charge in [0.15, 0.2) is 0 Å². The van der Waals surface area contributed by atoms with E-state index in [-0.39, 0.29) is 0 Å². The van der Waals surface area contributed by atoms with Gasteiger partial charge in [-0.2, -0.15) is 5.10 Å². The molecule has 17 heavy (non-hydrogen) atoms. The van der Waals surface area contributed by atoms with Gasteiger partial charge in [0.05, 0.1) is 11.4 Å². The molecular weight excluding hydrogens is 278 g/mol. The number of aromatic nitrogens is 2. The van der Waals surface area contributed by atoms with Gasteiger partial charge in [-0.3, -0.25) is 9.58 Å². The molecule has 0 aliphatic rings. The largest absolute Gasteiger partial charge is 0.294 e. The highest BCUT2D eigenvalue weighted by atomic mass is 79.9. The zero-order valence-corrected chi connectivity index (χ0v) is 13.0. The fourth-order valence-corrected chi connectivity index (χ4v) is 2.78. The summed E-state index contributed by atoms with van der Waals surface area (Å²) in [7, 11) is 2.03. The maximum atomic E-state index is 4.41. The van der Waals surface area contributed by atoms with Crippen LogP contribution in [0.5, 0.6) is 0 Å². The summed E-state index contributed by atoms with van der Waals surface area (Å²) < 4.78 is 2.00. The van der Waals surface area contributed by atoms with E-state index in [1.54, 1.807) is 0 Å². The third-order valence-corrected chi connectivity index (χ3v) is 3.65. The van der Waals surface area contributed by atoms with Gasteiger partial charge in [-0.1, -0.05) is 29.8 Å². The van der Waals surface area contributed by atoms with Gasteiger partial charge < -0.3 is 0 Å². The van der Waals surface area contributed by atoms with Crippen molar-refractivity contribution in [3.05, 3.63) is 17.5 Å². The van der Waals surface area contributed by atoms with Crippen molar-refractivity contribution in [2.45, 2.75) is 46.2 Å². The van der Waals surface area contributed by atoms with Crippen LogP contribution in [-0.4, -0.2) is 32.6 Å². The molecule has 0 fully saturated rings. The van der Waals surface area contributed by atoms with Crippen LogP contribution in [0.4, 0.5) is 0 Å². The van der Waals surface area contributed by atoms with Crippen molar-refractivity contribution in [2.75, 3.05) is 11.9 Å². The summed E-state index contributed by atoms with van der Waals surface area (Å²) in [5.41, 5.74) is 2.40. The van der Waals surface area contributed by atoms with Gasteiger partial charge in [0.25, 0.3) is 0 Å². The van der Waals surface area contributed by atoms with Crippen molar-refractivity contribution >= 4 is 15.9 Å². The second-order valence-electron chi connectivity index (χ2n) is 4.53. The normalized spacial score (nSPS) is 11.7. The smallest absolute Gasteiger partial charge is 0.0597 e. The molecule has 0 saturated heterocycles. The molecule has 1 rings (SSSR count). The summed E-state index contributed by atoms with van der Waals surface area (Å²) in [4.78, 5) is 2.55. The molecule has 0 N–H and O–H groups in total. The highest BCUT2D eigenvalue weighted by molar-refractivity contribution is 9.09. The average molecular weight is 302 g/mol. The van der Waals surface area contributed by atoms with E-state index in [4.69, 9.17) is 0 Å². The van der Waals surface area contributed by atoms with E-state index >= 15 is 0 Å². The van der Waals surface area contributed by atoms with E-state index < -0.39 is 0 Å². The molecule has 1 heterocycles. The Hall–Kier alpha value is -0.350. The van der Waals surface area contributed by atoms with Crippen molar-refractivity contribution in [3.8, 4) is 0 Å². The van der Waals surface area contributed by atoms with Crippen LogP contribution < -0.4 is 0 Å². The summed E-state index contributed by atoms with van der Waals surface area (Å²) in [6.45, 7) is 8.68. The first-order valence-corrected chi connectivity index (χ1v) is 7.54. The molecule has 0 radical (unpaired) electrons. The SMILES string of the molecule is CCC(CC)N(CCBr)Cc1cc(C)nn1C.